The summed E-state index contributed by atoms with van der Waals surface area (Å²) in [7, 11) is 1.73. The van der Waals surface area contributed by atoms with Crippen LogP contribution in [0.2, 0.25) is 0 Å². The van der Waals surface area contributed by atoms with Crippen molar-refractivity contribution in [3.05, 3.63) is 89.5 Å². The Labute approximate surface area is 160 Å². The second-order valence-electron chi connectivity index (χ2n) is 6.45. The number of phenolic OH excluding ortho intramolecular Hbond substituents is 1. The SMILES string of the molecule is CCc1ccccc1NCc1cccc(C(=O)N(C)c2ccc(O)cc2)c1. The van der Waals surface area contributed by atoms with E-state index >= 15 is 0 Å². The molecule has 0 aliphatic rings. The smallest absolute Gasteiger partial charge is 0.258 e. The normalized spacial score (nSPS) is 10.4. The molecule has 3 aromatic rings. The summed E-state index contributed by atoms with van der Waals surface area (Å²) < 4.78 is 0. The van der Waals surface area contributed by atoms with Crippen molar-refractivity contribution in [2.75, 3.05) is 17.3 Å². The Bertz CT molecular complexity index is 920. The fraction of sp³-hybridized carbons (Fsp3) is 0.174. The number of hydrogen-bond donors (Lipinski definition) is 2. The number of nitrogens with one attached hydrogen (secondary N) is 1. The molecule has 138 valence electrons. The predicted molar refractivity (Wildman–Crippen MR) is 110 cm³/mol. The van der Waals surface area contributed by atoms with Gasteiger partial charge >= 0.3 is 0 Å². The molecule has 0 unspecified atom stereocenters. The standard InChI is InChI=1S/C23H24N2O2/c1-3-18-8-4-5-10-22(18)24-16-17-7-6-9-19(15-17)23(27)25(2)20-11-13-21(26)14-12-20/h4-15,24,26H,3,16H2,1-2H3. The van der Waals surface area contributed by atoms with Crippen molar-refractivity contribution < 1.29 is 9.90 Å². The Kier molecular flexibility index (Phi) is 5.77. The lowest BCUT2D eigenvalue weighted by molar-refractivity contribution is 0.0993. The molecule has 1 amide bonds. The van der Waals surface area contributed by atoms with Gasteiger partial charge in [0.2, 0.25) is 0 Å². The zero-order valence-corrected chi connectivity index (χ0v) is 15.6. The maximum Gasteiger partial charge on any atom is 0.258 e. The molecule has 0 aliphatic heterocycles. The predicted octanol–water partition coefficient (Wildman–Crippen LogP) is 4.84. The molecule has 4 nitrogen and oxygen atoms in total. The van der Waals surface area contributed by atoms with Crippen LogP contribution < -0.4 is 10.2 Å². The lowest BCUT2D eigenvalue weighted by Crippen LogP contribution is -2.26. The first-order chi connectivity index (χ1) is 13.1. The van der Waals surface area contributed by atoms with Gasteiger partial charge in [0.25, 0.3) is 5.91 Å². The van der Waals surface area contributed by atoms with E-state index in [1.165, 1.54) is 5.56 Å². The number of para-hydroxylation sites is 1. The monoisotopic (exact) mass is 360 g/mol. The van der Waals surface area contributed by atoms with Gasteiger partial charge in [-0.1, -0.05) is 37.3 Å². The van der Waals surface area contributed by atoms with Gasteiger partial charge in [0.1, 0.15) is 5.75 Å². The van der Waals surface area contributed by atoms with Gasteiger partial charge in [-0.15, -0.1) is 0 Å². The van der Waals surface area contributed by atoms with Gasteiger partial charge in [0.05, 0.1) is 0 Å². The van der Waals surface area contributed by atoms with Gasteiger partial charge in [0, 0.05) is 30.5 Å². The van der Waals surface area contributed by atoms with Crippen LogP contribution in [0.1, 0.15) is 28.4 Å². The summed E-state index contributed by atoms with van der Waals surface area (Å²) in [5.74, 6) is 0.0940. The van der Waals surface area contributed by atoms with Crippen molar-refractivity contribution in [1.82, 2.24) is 0 Å². The zero-order valence-electron chi connectivity index (χ0n) is 15.6. The molecule has 27 heavy (non-hydrogen) atoms. The molecule has 3 aromatic carbocycles. The van der Waals surface area contributed by atoms with Crippen molar-refractivity contribution in [1.29, 1.82) is 0 Å². The zero-order chi connectivity index (χ0) is 19.2. The highest BCUT2D eigenvalue weighted by Gasteiger charge is 2.14. The number of rotatable bonds is 6. The van der Waals surface area contributed by atoms with Gasteiger partial charge in [-0.3, -0.25) is 4.79 Å². The number of aryl methyl sites for hydroxylation is 1. The third-order valence-corrected chi connectivity index (χ3v) is 4.60. The molecule has 0 saturated carbocycles. The van der Waals surface area contributed by atoms with Gasteiger partial charge in [0.15, 0.2) is 0 Å². The Morgan fingerprint density at radius 2 is 1.74 bits per heavy atom. The van der Waals surface area contributed by atoms with Crippen LogP contribution in [0.15, 0.2) is 72.8 Å². The van der Waals surface area contributed by atoms with E-state index in [1.807, 2.05) is 36.4 Å². The van der Waals surface area contributed by atoms with E-state index in [2.05, 4.69) is 24.4 Å². The van der Waals surface area contributed by atoms with E-state index in [9.17, 15) is 9.90 Å². The number of hydrogen-bond acceptors (Lipinski definition) is 3. The molecule has 0 aromatic heterocycles. The third kappa shape index (κ3) is 4.47. The maximum atomic E-state index is 12.8. The van der Waals surface area contributed by atoms with E-state index in [0.717, 1.165) is 23.4 Å². The number of amides is 1. The van der Waals surface area contributed by atoms with E-state index in [1.54, 1.807) is 36.2 Å². The molecule has 2 N–H and O–H groups in total. The van der Waals surface area contributed by atoms with Crippen LogP contribution in [-0.4, -0.2) is 18.1 Å². The number of benzene rings is 3. The first kappa shape index (κ1) is 18.5. The number of phenols is 1. The summed E-state index contributed by atoms with van der Waals surface area (Å²) in [6.07, 6.45) is 0.971. The molecule has 0 aliphatic carbocycles. The average Bonchev–Trinajstić information content (AvgIpc) is 2.72. The van der Waals surface area contributed by atoms with Gasteiger partial charge in [-0.2, -0.15) is 0 Å². The fourth-order valence-electron chi connectivity index (χ4n) is 3.00. The average molecular weight is 360 g/mol. The van der Waals surface area contributed by atoms with Crippen molar-refractivity contribution in [2.45, 2.75) is 19.9 Å². The summed E-state index contributed by atoms with van der Waals surface area (Å²) in [4.78, 5) is 14.4. The minimum absolute atomic E-state index is 0.0866. The Morgan fingerprint density at radius 3 is 2.48 bits per heavy atom. The van der Waals surface area contributed by atoms with Crippen molar-refractivity contribution in [3.63, 3.8) is 0 Å². The Hall–Kier alpha value is -3.27. The Balaban J connectivity index is 1.73. The summed E-state index contributed by atoms with van der Waals surface area (Å²) in [5, 5.41) is 12.9. The molecule has 0 fully saturated rings. The minimum atomic E-state index is -0.0866. The van der Waals surface area contributed by atoms with E-state index in [-0.39, 0.29) is 11.7 Å². The van der Waals surface area contributed by atoms with Crippen molar-refractivity contribution in [3.8, 4) is 5.75 Å². The minimum Gasteiger partial charge on any atom is -0.508 e. The highest BCUT2D eigenvalue weighted by molar-refractivity contribution is 6.05. The number of anilines is 2. The molecule has 3 rings (SSSR count). The summed E-state index contributed by atoms with van der Waals surface area (Å²) in [6.45, 7) is 2.79. The molecule has 0 radical (unpaired) electrons. The van der Waals surface area contributed by atoms with Crippen LogP contribution >= 0.6 is 0 Å². The number of aromatic hydroxyl groups is 1. The first-order valence-corrected chi connectivity index (χ1v) is 9.06. The van der Waals surface area contributed by atoms with Gasteiger partial charge in [-0.25, -0.2) is 0 Å². The Morgan fingerprint density at radius 1 is 1.00 bits per heavy atom. The molecule has 4 heteroatoms. The molecule has 0 saturated heterocycles. The highest BCUT2D eigenvalue weighted by Crippen LogP contribution is 2.20. The summed E-state index contributed by atoms with van der Waals surface area (Å²) in [6, 6.07) is 22.5. The maximum absolute atomic E-state index is 12.8. The largest absolute Gasteiger partial charge is 0.508 e. The number of carbonyl (C=O) groups is 1. The van der Waals surface area contributed by atoms with Crippen molar-refractivity contribution >= 4 is 17.3 Å². The lowest BCUT2D eigenvalue weighted by atomic mass is 10.1. The summed E-state index contributed by atoms with van der Waals surface area (Å²) in [5.41, 5.74) is 4.81. The molecular weight excluding hydrogens is 336 g/mol. The highest BCUT2D eigenvalue weighted by atomic mass is 16.3. The van der Waals surface area contributed by atoms with Crippen LogP contribution in [0.5, 0.6) is 5.75 Å². The molecule has 0 spiro atoms. The first-order valence-electron chi connectivity index (χ1n) is 9.06. The lowest BCUT2D eigenvalue weighted by Gasteiger charge is -2.18. The molecule has 0 atom stereocenters. The fourth-order valence-corrected chi connectivity index (χ4v) is 3.00. The molecule has 0 heterocycles. The third-order valence-electron chi connectivity index (χ3n) is 4.60. The van der Waals surface area contributed by atoms with Gasteiger partial charge < -0.3 is 15.3 Å². The van der Waals surface area contributed by atoms with E-state index < -0.39 is 0 Å². The summed E-state index contributed by atoms with van der Waals surface area (Å²) >= 11 is 0. The topological polar surface area (TPSA) is 52.6 Å². The molecular formula is C23H24N2O2. The van der Waals surface area contributed by atoms with Gasteiger partial charge in [-0.05, 0) is 60.0 Å². The van der Waals surface area contributed by atoms with Crippen LogP contribution in [0.25, 0.3) is 0 Å². The quantitative estimate of drug-likeness (QED) is 0.661. The second-order valence-corrected chi connectivity index (χ2v) is 6.45. The van der Waals surface area contributed by atoms with Crippen LogP contribution in [-0.2, 0) is 13.0 Å². The number of nitrogens with zero attached hydrogens (tertiary/aromatic N) is 1. The molecule has 0 bridgehead atoms. The van der Waals surface area contributed by atoms with Crippen molar-refractivity contribution in [2.24, 2.45) is 0 Å². The van der Waals surface area contributed by atoms with E-state index in [0.29, 0.717) is 12.1 Å². The van der Waals surface area contributed by atoms with E-state index in [4.69, 9.17) is 0 Å². The number of carbonyl (C=O) groups excluding carboxylic acids is 1. The van der Waals surface area contributed by atoms with Crippen LogP contribution in [0.3, 0.4) is 0 Å². The van der Waals surface area contributed by atoms with Crippen LogP contribution in [0, 0.1) is 0 Å². The van der Waals surface area contributed by atoms with Crippen LogP contribution in [0.4, 0.5) is 11.4 Å². The second kappa shape index (κ2) is 8.41.